The topological polar surface area (TPSA) is 46.1 Å². The van der Waals surface area contributed by atoms with Crippen molar-refractivity contribution in [2.45, 2.75) is 19.9 Å². The molecule has 2 aromatic rings. The number of aryl methyl sites for hydroxylation is 1. The Morgan fingerprint density at radius 2 is 2.06 bits per heavy atom. The third-order valence-corrected chi connectivity index (χ3v) is 3.45. The van der Waals surface area contributed by atoms with Crippen molar-refractivity contribution in [1.29, 1.82) is 0 Å². The van der Waals surface area contributed by atoms with Crippen LogP contribution in [0.3, 0.4) is 0 Å². The van der Waals surface area contributed by atoms with Crippen molar-refractivity contribution >= 4 is 17.4 Å². The van der Waals surface area contributed by atoms with Gasteiger partial charge in [-0.05, 0) is 23.5 Å². The standard InChI is InChI=1S/C13H15N3OS/c1-3-11-12(18-15-14-11)13(17)16(2)9-10-7-5-4-6-8-10/h4-8H,3,9H2,1-2H3. The highest BCUT2D eigenvalue weighted by Crippen LogP contribution is 2.15. The van der Waals surface area contributed by atoms with Crippen LogP contribution >= 0.6 is 11.5 Å². The molecular weight excluding hydrogens is 246 g/mol. The summed E-state index contributed by atoms with van der Waals surface area (Å²) in [5.74, 6) is -0.00861. The van der Waals surface area contributed by atoms with Crippen LogP contribution in [0.1, 0.15) is 27.9 Å². The number of aromatic nitrogens is 2. The number of amides is 1. The Morgan fingerprint density at radius 1 is 1.33 bits per heavy atom. The number of nitrogens with zero attached hydrogens (tertiary/aromatic N) is 3. The molecule has 1 amide bonds. The molecule has 0 aliphatic rings. The quantitative estimate of drug-likeness (QED) is 0.849. The predicted octanol–water partition coefficient (Wildman–Crippen LogP) is 2.37. The molecule has 4 nitrogen and oxygen atoms in total. The smallest absolute Gasteiger partial charge is 0.267 e. The molecule has 2 rings (SSSR count). The van der Waals surface area contributed by atoms with Gasteiger partial charge in [0.2, 0.25) is 0 Å². The molecule has 0 spiro atoms. The molecule has 0 bridgehead atoms. The van der Waals surface area contributed by atoms with Crippen LogP contribution in [0.15, 0.2) is 30.3 Å². The van der Waals surface area contributed by atoms with E-state index in [0.29, 0.717) is 11.4 Å². The predicted molar refractivity (Wildman–Crippen MR) is 71.5 cm³/mol. The first-order valence-electron chi connectivity index (χ1n) is 5.83. The zero-order valence-corrected chi connectivity index (χ0v) is 11.3. The van der Waals surface area contributed by atoms with Crippen molar-refractivity contribution in [3.05, 3.63) is 46.5 Å². The Balaban J connectivity index is 2.10. The summed E-state index contributed by atoms with van der Waals surface area (Å²) in [5.41, 5.74) is 1.90. The lowest BCUT2D eigenvalue weighted by Gasteiger charge is -2.16. The van der Waals surface area contributed by atoms with E-state index in [-0.39, 0.29) is 5.91 Å². The van der Waals surface area contributed by atoms with Gasteiger partial charge in [0.1, 0.15) is 4.88 Å². The fraction of sp³-hybridized carbons (Fsp3) is 0.308. The highest BCUT2D eigenvalue weighted by atomic mass is 32.1. The van der Waals surface area contributed by atoms with Crippen molar-refractivity contribution in [1.82, 2.24) is 14.5 Å². The van der Waals surface area contributed by atoms with E-state index in [0.717, 1.165) is 17.7 Å². The molecule has 0 aliphatic carbocycles. The average Bonchev–Trinajstić information content (AvgIpc) is 2.87. The monoisotopic (exact) mass is 261 g/mol. The molecular formula is C13H15N3OS. The van der Waals surface area contributed by atoms with E-state index in [1.807, 2.05) is 37.3 Å². The van der Waals surface area contributed by atoms with Gasteiger partial charge >= 0.3 is 0 Å². The van der Waals surface area contributed by atoms with E-state index in [4.69, 9.17) is 0 Å². The first kappa shape index (κ1) is 12.7. The first-order valence-corrected chi connectivity index (χ1v) is 6.60. The number of hydrogen-bond donors (Lipinski definition) is 0. The van der Waals surface area contributed by atoms with Gasteiger partial charge in [0.25, 0.3) is 5.91 Å². The molecule has 94 valence electrons. The summed E-state index contributed by atoms with van der Waals surface area (Å²) in [4.78, 5) is 14.6. The van der Waals surface area contributed by atoms with Gasteiger partial charge in [-0.25, -0.2) is 0 Å². The van der Waals surface area contributed by atoms with Gasteiger partial charge in [0.15, 0.2) is 0 Å². The van der Waals surface area contributed by atoms with Gasteiger partial charge in [-0.2, -0.15) is 0 Å². The van der Waals surface area contributed by atoms with Crippen molar-refractivity contribution in [2.24, 2.45) is 0 Å². The maximum absolute atomic E-state index is 12.2. The first-order chi connectivity index (χ1) is 8.72. The highest BCUT2D eigenvalue weighted by Gasteiger charge is 2.18. The van der Waals surface area contributed by atoms with Gasteiger partial charge in [0, 0.05) is 13.6 Å². The summed E-state index contributed by atoms with van der Waals surface area (Å²) in [7, 11) is 1.80. The van der Waals surface area contributed by atoms with E-state index in [1.54, 1.807) is 11.9 Å². The molecule has 1 aromatic carbocycles. The molecule has 0 N–H and O–H groups in total. The Bertz CT molecular complexity index is 524. The molecule has 5 heteroatoms. The summed E-state index contributed by atoms with van der Waals surface area (Å²) in [6.45, 7) is 2.57. The second-order valence-electron chi connectivity index (χ2n) is 4.05. The SMILES string of the molecule is CCc1nnsc1C(=O)N(C)Cc1ccccc1. The van der Waals surface area contributed by atoms with Crippen LogP contribution in [0, 0.1) is 0 Å². The fourth-order valence-corrected chi connectivity index (χ4v) is 2.45. The normalized spacial score (nSPS) is 10.3. The molecule has 0 unspecified atom stereocenters. The summed E-state index contributed by atoms with van der Waals surface area (Å²) in [6.07, 6.45) is 0.733. The average molecular weight is 261 g/mol. The number of carbonyl (C=O) groups is 1. The Kier molecular flexibility index (Phi) is 4.04. The molecule has 1 heterocycles. The largest absolute Gasteiger partial charge is 0.337 e. The van der Waals surface area contributed by atoms with Gasteiger partial charge in [0.05, 0.1) is 5.69 Å². The minimum Gasteiger partial charge on any atom is -0.337 e. The number of carbonyl (C=O) groups excluding carboxylic acids is 1. The molecule has 1 aromatic heterocycles. The molecule has 18 heavy (non-hydrogen) atoms. The van der Waals surface area contributed by atoms with Crippen molar-refractivity contribution < 1.29 is 4.79 Å². The van der Waals surface area contributed by atoms with Gasteiger partial charge in [-0.15, -0.1) is 5.10 Å². The molecule has 0 saturated carbocycles. The molecule has 0 atom stereocenters. The lowest BCUT2D eigenvalue weighted by molar-refractivity contribution is 0.0788. The van der Waals surface area contributed by atoms with Crippen LogP contribution in [-0.2, 0) is 13.0 Å². The van der Waals surface area contributed by atoms with E-state index in [1.165, 1.54) is 11.5 Å². The molecule has 0 fully saturated rings. The second kappa shape index (κ2) is 5.73. The lowest BCUT2D eigenvalue weighted by atomic mass is 10.2. The number of rotatable bonds is 4. The van der Waals surface area contributed by atoms with Crippen LogP contribution in [0.5, 0.6) is 0 Å². The summed E-state index contributed by atoms with van der Waals surface area (Å²) in [5, 5.41) is 3.97. The van der Waals surface area contributed by atoms with E-state index in [2.05, 4.69) is 9.59 Å². The van der Waals surface area contributed by atoms with Crippen LogP contribution in [0.4, 0.5) is 0 Å². The van der Waals surface area contributed by atoms with Crippen LogP contribution in [0.25, 0.3) is 0 Å². The summed E-state index contributed by atoms with van der Waals surface area (Å²) >= 11 is 1.17. The van der Waals surface area contributed by atoms with Crippen molar-refractivity contribution in [2.75, 3.05) is 7.05 Å². The number of benzene rings is 1. The molecule has 0 radical (unpaired) electrons. The summed E-state index contributed by atoms with van der Waals surface area (Å²) < 4.78 is 3.85. The van der Waals surface area contributed by atoms with E-state index < -0.39 is 0 Å². The van der Waals surface area contributed by atoms with Crippen LogP contribution < -0.4 is 0 Å². The minimum absolute atomic E-state index is 0.00861. The summed E-state index contributed by atoms with van der Waals surface area (Å²) in [6, 6.07) is 9.93. The van der Waals surface area contributed by atoms with E-state index >= 15 is 0 Å². The van der Waals surface area contributed by atoms with Gasteiger partial charge in [-0.1, -0.05) is 41.7 Å². The fourth-order valence-electron chi connectivity index (χ4n) is 1.70. The van der Waals surface area contributed by atoms with E-state index in [9.17, 15) is 4.79 Å². The Hall–Kier alpha value is -1.75. The van der Waals surface area contributed by atoms with Crippen LogP contribution in [0.2, 0.25) is 0 Å². The lowest BCUT2D eigenvalue weighted by Crippen LogP contribution is -2.26. The maximum atomic E-state index is 12.2. The van der Waals surface area contributed by atoms with Gasteiger partial charge in [-0.3, -0.25) is 4.79 Å². The molecule has 0 saturated heterocycles. The highest BCUT2D eigenvalue weighted by molar-refractivity contribution is 7.07. The third kappa shape index (κ3) is 2.73. The zero-order valence-electron chi connectivity index (χ0n) is 10.5. The number of hydrogen-bond acceptors (Lipinski definition) is 4. The Labute approximate surface area is 110 Å². The van der Waals surface area contributed by atoms with Crippen molar-refractivity contribution in [3.63, 3.8) is 0 Å². The minimum atomic E-state index is -0.00861. The van der Waals surface area contributed by atoms with Crippen molar-refractivity contribution in [3.8, 4) is 0 Å². The third-order valence-electron chi connectivity index (χ3n) is 2.69. The van der Waals surface area contributed by atoms with Crippen LogP contribution in [-0.4, -0.2) is 27.4 Å². The van der Waals surface area contributed by atoms with Gasteiger partial charge < -0.3 is 4.90 Å². The Morgan fingerprint density at radius 3 is 2.72 bits per heavy atom. The second-order valence-corrected chi connectivity index (χ2v) is 4.80. The zero-order chi connectivity index (χ0) is 13.0. The maximum Gasteiger partial charge on any atom is 0.267 e. The molecule has 0 aliphatic heterocycles.